The second-order valence-corrected chi connectivity index (χ2v) is 5.91. The first-order chi connectivity index (χ1) is 8.54. The molecule has 0 amide bonds. The molecular weight excluding hydrogens is 269 g/mol. The van der Waals surface area contributed by atoms with Gasteiger partial charge in [0.1, 0.15) is 0 Å². The van der Waals surface area contributed by atoms with Crippen molar-refractivity contribution in [3.63, 3.8) is 0 Å². The maximum atomic E-state index is 6.22. The molecule has 1 N–H and O–H groups in total. The first kappa shape index (κ1) is 14.1. The predicted octanol–water partition coefficient (Wildman–Crippen LogP) is 4.21. The van der Waals surface area contributed by atoms with Gasteiger partial charge < -0.3 is 10.1 Å². The van der Waals surface area contributed by atoms with E-state index in [0.29, 0.717) is 10.0 Å². The molecule has 1 saturated heterocycles. The molecule has 2 atom stereocenters. The highest BCUT2D eigenvalue weighted by atomic mass is 35.5. The minimum Gasteiger partial charge on any atom is -0.372 e. The molecule has 4 heteroatoms. The second kappa shape index (κ2) is 5.79. The topological polar surface area (TPSA) is 21.3 Å². The zero-order chi connectivity index (χ0) is 13.2. The fourth-order valence-corrected chi connectivity index (χ4v) is 2.60. The lowest BCUT2D eigenvalue weighted by atomic mass is 9.95. The SMILES string of the molecule is CCC1(C)CCOC(c2cc(Cl)ccc2Cl)CN1. The van der Waals surface area contributed by atoms with Gasteiger partial charge in [-0.15, -0.1) is 0 Å². The van der Waals surface area contributed by atoms with E-state index in [4.69, 9.17) is 27.9 Å². The predicted molar refractivity (Wildman–Crippen MR) is 76.5 cm³/mol. The molecule has 1 fully saturated rings. The fraction of sp³-hybridized carbons (Fsp3) is 0.571. The van der Waals surface area contributed by atoms with Crippen LogP contribution in [0.3, 0.4) is 0 Å². The number of nitrogens with one attached hydrogen (secondary N) is 1. The van der Waals surface area contributed by atoms with Crippen molar-refractivity contribution >= 4 is 23.2 Å². The summed E-state index contributed by atoms with van der Waals surface area (Å²) in [5.41, 5.74) is 1.12. The molecule has 2 rings (SSSR count). The highest BCUT2D eigenvalue weighted by Crippen LogP contribution is 2.31. The molecule has 1 aromatic carbocycles. The lowest BCUT2D eigenvalue weighted by Gasteiger charge is -2.27. The summed E-state index contributed by atoms with van der Waals surface area (Å²) in [6.45, 7) is 5.94. The minimum atomic E-state index is -0.0235. The summed E-state index contributed by atoms with van der Waals surface area (Å²) in [5, 5.41) is 4.99. The largest absolute Gasteiger partial charge is 0.372 e. The van der Waals surface area contributed by atoms with Gasteiger partial charge in [0.15, 0.2) is 0 Å². The van der Waals surface area contributed by atoms with Crippen LogP contribution in [0.15, 0.2) is 18.2 Å². The minimum absolute atomic E-state index is 0.0235. The van der Waals surface area contributed by atoms with E-state index in [1.54, 1.807) is 6.07 Å². The molecule has 1 aliphatic heterocycles. The number of benzene rings is 1. The number of halogens is 2. The third kappa shape index (κ3) is 3.18. The molecule has 1 heterocycles. The van der Waals surface area contributed by atoms with Crippen LogP contribution in [0.5, 0.6) is 0 Å². The van der Waals surface area contributed by atoms with Crippen LogP contribution < -0.4 is 5.32 Å². The van der Waals surface area contributed by atoms with Gasteiger partial charge in [-0.05, 0) is 38.0 Å². The highest BCUT2D eigenvalue weighted by Gasteiger charge is 2.28. The van der Waals surface area contributed by atoms with Crippen LogP contribution in [0.2, 0.25) is 10.0 Å². The summed E-state index contributed by atoms with van der Waals surface area (Å²) in [4.78, 5) is 0. The van der Waals surface area contributed by atoms with Crippen LogP contribution in [-0.4, -0.2) is 18.7 Å². The lowest BCUT2D eigenvalue weighted by Crippen LogP contribution is -2.42. The molecule has 0 aromatic heterocycles. The zero-order valence-electron chi connectivity index (χ0n) is 10.8. The van der Waals surface area contributed by atoms with Crippen LogP contribution in [0.25, 0.3) is 0 Å². The summed E-state index contributed by atoms with van der Waals surface area (Å²) in [7, 11) is 0. The molecule has 0 bridgehead atoms. The van der Waals surface area contributed by atoms with E-state index in [9.17, 15) is 0 Å². The molecule has 0 aliphatic carbocycles. The third-order valence-corrected chi connectivity index (χ3v) is 4.35. The number of ether oxygens (including phenoxy) is 1. The summed E-state index contributed by atoms with van der Waals surface area (Å²) < 4.78 is 5.92. The van der Waals surface area contributed by atoms with E-state index in [0.717, 1.165) is 31.6 Å². The maximum absolute atomic E-state index is 6.22. The van der Waals surface area contributed by atoms with Gasteiger partial charge in [-0.2, -0.15) is 0 Å². The van der Waals surface area contributed by atoms with Crippen LogP contribution in [0.4, 0.5) is 0 Å². The Labute approximate surface area is 119 Å². The summed E-state index contributed by atoms with van der Waals surface area (Å²) in [6.07, 6.45) is 2.08. The molecule has 2 unspecified atom stereocenters. The van der Waals surface area contributed by atoms with Crippen LogP contribution in [-0.2, 0) is 4.74 Å². The van der Waals surface area contributed by atoms with Gasteiger partial charge in [-0.25, -0.2) is 0 Å². The van der Waals surface area contributed by atoms with Crippen molar-refractivity contribution < 1.29 is 4.74 Å². The number of hydrogen-bond donors (Lipinski definition) is 1. The van der Waals surface area contributed by atoms with Gasteiger partial charge in [0.2, 0.25) is 0 Å². The standard InChI is InChI=1S/C14H19Cl2NO/c1-3-14(2)6-7-18-13(9-17-14)11-8-10(15)4-5-12(11)16/h4-5,8,13,17H,3,6-7,9H2,1-2H3. The Morgan fingerprint density at radius 1 is 1.44 bits per heavy atom. The van der Waals surface area contributed by atoms with Crippen LogP contribution in [0.1, 0.15) is 38.4 Å². The Bertz CT molecular complexity index is 424. The quantitative estimate of drug-likeness (QED) is 0.880. The molecule has 100 valence electrons. The molecule has 0 spiro atoms. The zero-order valence-corrected chi connectivity index (χ0v) is 12.3. The summed E-state index contributed by atoms with van der Waals surface area (Å²) in [5.74, 6) is 0. The number of rotatable bonds is 2. The van der Waals surface area contributed by atoms with E-state index in [1.165, 1.54) is 0 Å². The van der Waals surface area contributed by atoms with Gasteiger partial charge in [0.25, 0.3) is 0 Å². The van der Waals surface area contributed by atoms with Gasteiger partial charge in [-0.1, -0.05) is 30.1 Å². The normalized spacial score (nSPS) is 29.0. The molecule has 18 heavy (non-hydrogen) atoms. The number of hydrogen-bond acceptors (Lipinski definition) is 2. The van der Waals surface area contributed by atoms with Gasteiger partial charge in [-0.3, -0.25) is 0 Å². The molecule has 2 nitrogen and oxygen atoms in total. The second-order valence-electron chi connectivity index (χ2n) is 5.07. The summed E-state index contributed by atoms with van der Waals surface area (Å²) in [6, 6.07) is 5.52. The lowest BCUT2D eigenvalue weighted by molar-refractivity contribution is 0.0654. The van der Waals surface area contributed by atoms with Gasteiger partial charge >= 0.3 is 0 Å². The summed E-state index contributed by atoms with van der Waals surface area (Å²) >= 11 is 12.2. The van der Waals surface area contributed by atoms with E-state index < -0.39 is 0 Å². The Balaban J connectivity index is 2.17. The molecule has 1 aliphatic rings. The van der Waals surface area contributed by atoms with E-state index >= 15 is 0 Å². The van der Waals surface area contributed by atoms with E-state index in [-0.39, 0.29) is 11.6 Å². The van der Waals surface area contributed by atoms with Crippen molar-refractivity contribution in [1.29, 1.82) is 0 Å². The molecular formula is C14H19Cl2NO. The fourth-order valence-electron chi connectivity index (χ4n) is 2.18. The molecule has 0 saturated carbocycles. The Hall–Kier alpha value is -0.280. The Kier molecular flexibility index (Phi) is 4.54. The Morgan fingerprint density at radius 3 is 2.94 bits per heavy atom. The smallest absolute Gasteiger partial charge is 0.0964 e. The molecule has 1 aromatic rings. The monoisotopic (exact) mass is 287 g/mol. The highest BCUT2D eigenvalue weighted by molar-refractivity contribution is 6.33. The average Bonchev–Trinajstić information content (AvgIpc) is 2.55. The van der Waals surface area contributed by atoms with Crippen molar-refractivity contribution in [1.82, 2.24) is 5.32 Å². The van der Waals surface area contributed by atoms with Crippen LogP contribution in [0, 0.1) is 0 Å². The van der Waals surface area contributed by atoms with Crippen molar-refractivity contribution in [2.45, 2.75) is 38.3 Å². The van der Waals surface area contributed by atoms with Crippen molar-refractivity contribution in [3.8, 4) is 0 Å². The van der Waals surface area contributed by atoms with Crippen molar-refractivity contribution in [3.05, 3.63) is 33.8 Å². The Morgan fingerprint density at radius 2 is 2.22 bits per heavy atom. The van der Waals surface area contributed by atoms with E-state index in [1.807, 2.05) is 12.1 Å². The van der Waals surface area contributed by atoms with Crippen LogP contribution >= 0.6 is 23.2 Å². The molecule has 0 radical (unpaired) electrons. The average molecular weight is 288 g/mol. The van der Waals surface area contributed by atoms with Gasteiger partial charge in [0.05, 0.1) is 6.10 Å². The van der Waals surface area contributed by atoms with Crippen molar-refractivity contribution in [2.24, 2.45) is 0 Å². The van der Waals surface area contributed by atoms with Gasteiger partial charge in [0, 0.05) is 34.3 Å². The maximum Gasteiger partial charge on any atom is 0.0964 e. The van der Waals surface area contributed by atoms with E-state index in [2.05, 4.69) is 19.2 Å². The van der Waals surface area contributed by atoms with Crippen molar-refractivity contribution in [2.75, 3.05) is 13.2 Å². The first-order valence-electron chi connectivity index (χ1n) is 6.36. The third-order valence-electron chi connectivity index (χ3n) is 3.77. The first-order valence-corrected chi connectivity index (χ1v) is 7.11.